The molecule has 20 heavy (non-hydrogen) atoms. The summed E-state index contributed by atoms with van der Waals surface area (Å²) in [4.78, 5) is 4.58. The summed E-state index contributed by atoms with van der Waals surface area (Å²) in [6.07, 6.45) is 12.3. The van der Waals surface area contributed by atoms with Gasteiger partial charge in [-0.3, -0.25) is 0 Å². The smallest absolute Gasteiger partial charge is 0.246 e. The zero-order valence-electron chi connectivity index (χ0n) is 12.1. The molecule has 0 spiro atoms. The quantitative estimate of drug-likeness (QED) is 0.857. The van der Waals surface area contributed by atoms with Crippen LogP contribution >= 0.6 is 11.8 Å². The molecule has 0 saturated heterocycles. The van der Waals surface area contributed by atoms with Crippen LogP contribution in [0.4, 0.5) is 0 Å². The van der Waals surface area contributed by atoms with Crippen LogP contribution in [-0.2, 0) is 11.3 Å². The van der Waals surface area contributed by atoms with Gasteiger partial charge in [0.2, 0.25) is 5.89 Å². The van der Waals surface area contributed by atoms with Crippen LogP contribution in [0.15, 0.2) is 4.52 Å². The zero-order chi connectivity index (χ0) is 13.8. The summed E-state index contributed by atoms with van der Waals surface area (Å²) in [6.45, 7) is 0. The van der Waals surface area contributed by atoms with E-state index in [0.717, 1.165) is 29.7 Å². The van der Waals surface area contributed by atoms with Gasteiger partial charge in [0.05, 0.1) is 11.3 Å². The Balaban J connectivity index is 1.60. The van der Waals surface area contributed by atoms with Crippen LogP contribution in [0, 0.1) is 0 Å². The maximum atomic E-state index is 6.51. The van der Waals surface area contributed by atoms with Gasteiger partial charge >= 0.3 is 0 Å². The van der Waals surface area contributed by atoms with Crippen LogP contribution in [0.3, 0.4) is 0 Å². The van der Waals surface area contributed by atoms with E-state index in [1.165, 1.54) is 51.4 Å². The van der Waals surface area contributed by atoms with Crippen molar-refractivity contribution in [1.29, 1.82) is 0 Å². The van der Waals surface area contributed by atoms with E-state index in [1.54, 1.807) is 0 Å². The highest BCUT2D eigenvalue weighted by Crippen LogP contribution is 2.34. The number of aromatic nitrogens is 2. The summed E-state index contributed by atoms with van der Waals surface area (Å²) in [5.74, 6) is 2.36. The van der Waals surface area contributed by atoms with Crippen molar-refractivity contribution in [2.75, 3.05) is 0 Å². The molecule has 1 aromatic rings. The first-order valence-corrected chi connectivity index (χ1v) is 9.05. The van der Waals surface area contributed by atoms with E-state index in [-0.39, 0.29) is 5.54 Å². The Kier molecular flexibility index (Phi) is 4.66. The highest BCUT2D eigenvalue weighted by atomic mass is 32.2. The highest BCUT2D eigenvalue weighted by molar-refractivity contribution is 7.99. The molecule has 2 saturated carbocycles. The van der Waals surface area contributed by atoms with Crippen LogP contribution in [0.2, 0.25) is 0 Å². The Morgan fingerprint density at radius 1 is 1.10 bits per heavy atom. The number of hydrogen-bond donors (Lipinski definition) is 1. The first kappa shape index (κ1) is 14.4. The molecule has 2 N–H and O–H groups in total. The largest absolute Gasteiger partial charge is 0.337 e. The molecular formula is C15H25N3OS. The van der Waals surface area contributed by atoms with Crippen molar-refractivity contribution in [3.8, 4) is 0 Å². The van der Waals surface area contributed by atoms with Gasteiger partial charge in [-0.2, -0.15) is 16.7 Å². The fourth-order valence-corrected chi connectivity index (χ4v) is 4.50. The average molecular weight is 295 g/mol. The molecule has 0 amide bonds. The van der Waals surface area contributed by atoms with Crippen molar-refractivity contribution in [3.05, 3.63) is 11.7 Å². The zero-order valence-corrected chi connectivity index (χ0v) is 13.0. The van der Waals surface area contributed by atoms with Gasteiger partial charge in [-0.05, 0) is 25.7 Å². The molecular weight excluding hydrogens is 270 g/mol. The van der Waals surface area contributed by atoms with Gasteiger partial charge in [0.1, 0.15) is 0 Å². The molecule has 1 aromatic heterocycles. The molecule has 112 valence electrons. The molecule has 1 heterocycles. The minimum absolute atomic E-state index is 0.375. The fraction of sp³-hybridized carbons (Fsp3) is 0.867. The van der Waals surface area contributed by atoms with Crippen molar-refractivity contribution < 1.29 is 4.52 Å². The van der Waals surface area contributed by atoms with Gasteiger partial charge < -0.3 is 10.3 Å². The third-order valence-corrected chi connectivity index (χ3v) is 6.01. The Bertz CT molecular complexity index is 421. The molecule has 0 radical (unpaired) electrons. The molecule has 4 nitrogen and oxygen atoms in total. The predicted octanol–water partition coefficient (Wildman–Crippen LogP) is 3.75. The molecule has 0 atom stereocenters. The topological polar surface area (TPSA) is 64.9 Å². The number of thioether (sulfide) groups is 1. The molecule has 5 heteroatoms. The van der Waals surface area contributed by atoms with Gasteiger partial charge in [0.15, 0.2) is 5.82 Å². The first-order valence-electron chi connectivity index (χ1n) is 8.00. The van der Waals surface area contributed by atoms with Crippen LogP contribution in [0.25, 0.3) is 0 Å². The molecule has 2 fully saturated rings. The second-order valence-electron chi connectivity index (χ2n) is 6.30. The summed E-state index contributed by atoms with van der Waals surface area (Å²) in [7, 11) is 0. The lowest BCUT2D eigenvalue weighted by atomic mass is 9.91. The molecule has 0 bridgehead atoms. The number of nitrogens with zero attached hydrogens (tertiary/aromatic N) is 2. The maximum absolute atomic E-state index is 6.51. The lowest BCUT2D eigenvalue weighted by molar-refractivity contribution is 0.256. The monoisotopic (exact) mass is 295 g/mol. The van der Waals surface area contributed by atoms with Gasteiger partial charge in [-0.1, -0.05) is 43.7 Å². The Labute approximate surface area is 125 Å². The Morgan fingerprint density at radius 2 is 1.80 bits per heavy atom. The highest BCUT2D eigenvalue weighted by Gasteiger charge is 2.34. The lowest BCUT2D eigenvalue weighted by Gasteiger charge is -2.22. The number of rotatable bonds is 4. The second kappa shape index (κ2) is 6.48. The molecule has 0 aliphatic heterocycles. The van der Waals surface area contributed by atoms with Crippen LogP contribution in [-0.4, -0.2) is 15.4 Å². The average Bonchev–Trinajstić information content (AvgIpc) is 3.08. The van der Waals surface area contributed by atoms with Gasteiger partial charge in [0.25, 0.3) is 0 Å². The molecule has 3 rings (SSSR count). The molecule has 2 aliphatic rings. The summed E-state index contributed by atoms with van der Waals surface area (Å²) in [5, 5.41) is 4.93. The maximum Gasteiger partial charge on any atom is 0.246 e. The van der Waals surface area contributed by atoms with Crippen molar-refractivity contribution in [2.24, 2.45) is 5.73 Å². The van der Waals surface area contributed by atoms with Gasteiger partial charge in [-0.25, -0.2) is 0 Å². The van der Waals surface area contributed by atoms with Gasteiger partial charge in [-0.15, -0.1) is 0 Å². The van der Waals surface area contributed by atoms with Crippen LogP contribution in [0.1, 0.15) is 75.9 Å². The lowest BCUT2D eigenvalue weighted by Crippen LogP contribution is -2.36. The van der Waals surface area contributed by atoms with Crippen molar-refractivity contribution in [1.82, 2.24) is 10.1 Å². The van der Waals surface area contributed by atoms with E-state index < -0.39 is 0 Å². The molecule has 0 unspecified atom stereocenters. The minimum Gasteiger partial charge on any atom is -0.337 e. The van der Waals surface area contributed by atoms with E-state index in [2.05, 4.69) is 10.1 Å². The Morgan fingerprint density at radius 3 is 2.50 bits per heavy atom. The van der Waals surface area contributed by atoms with E-state index in [1.807, 2.05) is 11.8 Å². The van der Waals surface area contributed by atoms with E-state index in [4.69, 9.17) is 10.3 Å². The summed E-state index contributed by atoms with van der Waals surface area (Å²) in [6, 6.07) is 0. The first-order chi connectivity index (χ1) is 9.76. The predicted molar refractivity (Wildman–Crippen MR) is 81.4 cm³/mol. The Hall–Kier alpha value is -0.550. The standard InChI is InChI=1S/C15H25N3OS/c16-15(9-5-1-2-6-10-15)14-17-13(18-19-14)11-20-12-7-3-4-8-12/h12H,1-11,16H2. The summed E-state index contributed by atoms with van der Waals surface area (Å²) < 4.78 is 5.48. The van der Waals surface area contributed by atoms with E-state index in [9.17, 15) is 0 Å². The van der Waals surface area contributed by atoms with E-state index >= 15 is 0 Å². The van der Waals surface area contributed by atoms with Crippen molar-refractivity contribution in [3.63, 3.8) is 0 Å². The minimum atomic E-state index is -0.375. The summed E-state index contributed by atoms with van der Waals surface area (Å²) >= 11 is 1.97. The second-order valence-corrected chi connectivity index (χ2v) is 7.59. The normalized spacial score (nSPS) is 23.9. The summed E-state index contributed by atoms with van der Waals surface area (Å²) in [5.41, 5.74) is 6.13. The number of hydrogen-bond acceptors (Lipinski definition) is 5. The van der Waals surface area contributed by atoms with Crippen LogP contribution < -0.4 is 5.73 Å². The SMILES string of the molecule is NC1(c2nc(CSC3CCCC3)no2)CCCCCC1. The van der Waals surface area contributed by atoms with Crippen LogP contribution in [0.5, 0.6) is 0 Å². The van der Waals surface area contributed by atoms with Gasteiger partial charge in [0, 0.05) is 5.25 Å². The third-order valence-electron chi connectivity index (χ3n) is 4.64. The molecule has 0 aromatic carbocycles. The molecule has 2 aliphatic carbocycles. The van der Waals surface area contributed by atoms with Crippen molar-refractivity contribution >= 4 is 11.8 Å². The van der Waals surface area contributed by atoms with Crippen molar-refractivity contribution in [2.45, 2.75) is 80.7 Å². The fourth-order valence-electron chi connectivity index (χ4n) is 3.34. The van der Waals surface area contributed by atoms with E-state index in [0.29, 0.717) is 5.89 Å². The number of nitrogens with two attached hydrogens (primary N) is 1. The third kappa shape index (κ3) is 3.37.